The SMILES string of the molecule is N#Cc1ccc(-c2ccc(Br)o2)[nH]c1=O. The lowest BCUT2D eigenvalue weighted by Crippen LogP contribution is -2.09. The molecule has 4 nitrogen and oxygen atoms in total. The molecule has 0 bridgehead atoms. The predicted molar refractivity (Wildman–Crippen MR) is 57.2 cm³/mol. The highest BCUT2D eigenvalue weighted by molar-refractivity contribution is 9.10. The third-order valence-corrected chi connectivity index (χ3v) is 2.29. The van der Waals surface area contributed by atoms with Gasteiger partial charge in [0.2, 0.25) is 0 Å². The van der Waals surface area contributed by atoms with Crippen LogP contribution in [-0.2, 0) is 0 Å². The molecule has 15 heavy (non-hydrogen) atoms. The molecule has 2 rings (SSSR count). The lowest BCUT2D eigenvalue weighted by Gasteiger charge is -1.95. The van der Waals surface area contributed by atoms with Gasteiger partial charge in [-0.2, -0.15) is 5.26 Å². The minimum Gasteiger partial charge on any atom is -0.448 e. The number of hydrogen-bond acceptors (Lipinski definition) is 3. The van der Waals surface area contributed by atoms with Crippen LogP contribution in [-0.4, -0.2) is 4.98 Å². The highest BCUT2D eigenvalue weighted by Crippen LogP contribution is 2.22. The number of furan rings is 1. The van der Waals surface area contributed by atoms with Crippen LogP contribution >= 0.6 is 15.9 Å². The second-order valence-corrected chi connectivity index (χ2v) is 3.61. The second-order valence-electron chi connectivity index (χ2n) is 2.83. The molecule has 2 aromatic rings. The van der Waals surface area contributed by atoms with Crippen LogP contribution in [0.2, 0.25) is 0 Å². The van der Waals surface area contributed by atoms with E-state index in [1.165, 1.54) is 6.07 Å². The molecular formula is C10H5BrN2O2. The van der Waals surface area contributed by atoms with Gasteiger partial charge in [0.15, 0.2) is 10.4 Å². The first-order chi connectivity index (χ1) is 7.20. The van der Waals surface area contributed by atoms with E-state index in [9.17, 15) is 4.79 Å². The van der Waals surface area contributed by atoms with Crippen molar-refractivity contribution < 1.29 is 4.42 Å². The number of hydrogen-bond donors (Lipinski definition) is 1. The number of nitriles is 1. The summed E-state index contributed by atoms with van der Waals surface area (Å²) in [4.78, 5) is 13.9. The second kappa shape index (κ2) is 3.75. The minimum atomic E-state index is -0.414. The van der Waals surface area contributed by atoms with Crippen molar-refractivity contribution in [2.75, 3.05) is 0 Å². The summed E-state index contributed by atoms with van der Waals surface area (Å²) < 4.78 is 5.85. The van der Waals surface area contributed by atoms with Crippen LogP contribution in [0.4, 0.5) is 0 Å². The Bertz CT molecular complexity index is 592. The average Bonchev–Trinajstić information content (AvgIpc) is 2.65. The zero-order valence-corrected chi connectivity index (χ0v) is 9.04. The fourth-order valence-corrected chi connectivity index (χ4v) is 1.47. The number of pyridine rings is 1. The molecule has 0 saturated heterocycles. The Morgan fingerprint density at radius 3 is 2.67 bits per heavy atom. The molecule has 0 aliphatic heterocycles. The summed E-state index contributed by atoms with van der Waals surface area (Å²) in [6.07, 6.45) is 0. The first-order valence-corrected chi connectivity index (χ1v) is 4.89. The van der Waals surface area contributed by atoms with E-state index in [0.29, 0.717) is 16.1 Å². The predicted octanol–water partition coefficient (Wildman–Crippen LogP) is 2.27. The Labute approximate surface area is 93.3 Å². The van der Waals surface area contributed by atoms with Gasteiger partial charge in [0, 0.05) is 0 Å². The van der Waals surface area contributed by atoms with E-state index in [4.69, 9.17) is 9.68 Å². The highest BCUT2D eigenvalue weighted by Gasteiger charge is 2.05. The van der Waals surface area contributed by atoms with Gasteiger partial charge in [-0.25, -0.2) is 0 Å². The van der Waals surface area contributed by atoms with Crippen molar-refractivity contribution in [2.24, 2.45) is 0 Å². The topological polar surface area (TPSA) is 69.8 Å². The quantitative estimate of drug-likeness (QED) is 0.859. The lowest BCUT2D eigenvalue weighted by molar-refractivity contribution is 0.553. The molecule has 0 fully saturated rings. The largest absolute Gasteiger partial charge is 0.448 e. The Kier molecular flexibility index (Phi) is 2.44. The van der Waals surface area contributed by atoms with Gasteiger partial charge in [-0.1, -0.05) is 0 Å². The molecule has 2 aromatic heterocycles. The van der Waals surface area contributed by atoms with E-state index in [1.807, 2.05) is 0 Å². The summed E-state index contributed by atoms with van der Waals surface area (Å²) in [6, 6.07) is 8.34. The monoisotopic (exact) mass is 264 g/mol. The number of aromatic nitrogens is 1. The zero-order chi connectivity index (χ0) is 10.8. The van der Waals surface area contributed by atoms with Gasteiger partial charge in [0.1, 0.15) is 11.6 Å². The van der Waals surface area contributed by atoms with Crippen molar-refractivity contribution >= 4 is 15.9 Å². The summed E-state index contributed by atoms with van der Waals surface area (Å²) >= 11 is 3.17. The Morgan fingerprint density at radius 2 is 2.13 bits per heavy atom. The molecule has 0 spiro atoms. The van der Waals surface area contributed by atoms with E-state index < -0.39 is 5.56 Å². The van der Waals surface area contributed by atoms with Gasteiger partial charge >= 0.3 is 0 Å². The van der Waals surface area contributed by atoms with Gasteiger partial charge in [-0.15, -0.1) is 0 Å². The third-order valence-electron chi connectivity index (χ3n) is 1.87. The Balaban J connectivity index is 2.53. The number of H-pyrrole nitrogens is 1. The standard InChI is InChI=1S/C10H5BrN2O2/c11-9-4-3-8(15-9)7-2-1-6(5-12)10(14)13-7/h1-4H,(H,13,14). The van der Waals surface area contributed by atoms with Crippen LogP contribution in [0.5, 0.6) is 0 Å². The molecule has 0 unspecified atom stereocenters. The number of aromatic amines is 1. The summed E-state index contributed by atoms with van der Waals surface area (Å²) in [6.45, 7) is 0. The van der Waals surface area contributed by atoms with Gasteiger partial charge in [0.05, 0.1) is 5.69 Å². The van der Waals surface area contributed by atoms with Crippen LogP contribution in [0, 0.1) is 11.3 Å². The van der Waals surface area contributed by atoms with Crippen molar-refractivity contribution in [1.82, 2.24) is 4.98 Å². The molecule has 0 amide bonds. The van der Waals surface area contributed by atoms with Crippen molar-refractivity contribution in [2.45, 2.75) is 0 Å². The molecule has 0 atom stereocenters. The molecule has 0 aromatic carbocycles. The van der Waals surface area contributed by atoms with Crippen LogP contribution in [0.3, 0.4) is 0 Å². The lowest BCUT2D eigenvalue weighted by atomic mass is 10.2. The molecule has 74 valence electrons. The highest BCUT2D eigenvalue weighted by atomic mass is 79.9. The van der Waals surface area contributed by atoms with Gasteiger partial charge in [-0.3, -0.25) is 4.79 Å². The molecule has 0 saturated carbocycles. The first-order valence-electron chi connectivity index (χ1n) is 4.10. The van der Waals surface area contributed by atoms with Crippen LogP contribution in [0.25, 0.3) is 11.5 Å². The molecule has 1 N–H and O–H groups in total. The number of halogens is 1. The summed E-state index contributed by atoms with van der Waals surface area (Å²) in [7, 11) is 0. The van der Waals surface area contributed by atoms with Crippen molar-refractivity contribution in [3.8, 4) is 17.5 Å². The van der Waals surface area contributed by atoms with E-state index in [2.05, 4.69) is 20.9 Å². The van der Waals surface area contributed by atoms with Crippen LogP contribution < -0.4 is 5.56 Å². The van der Waals surface area contributed by atoms with Crippen LogP contribution in [0.15, 0.2) is 38.1 Å². The number of rotatable bonds is 1. The zero-order valence-electron chi connectivity index (χ0n) is 7.45. The fourth-order valence-electron chi connectivity index (χ4n) is 1.16. The average molecular weight is 265 g/mol. The smallest absolute Gasteiger partial charge is 0.266 e. The molecule has 2 heterocycles. The molecule has 0 aliphatic carbocycles. The van der Waals surface area contributed by atoms with E-state index in [-0.39, 0.29) is 5.56 Å². The molecule has 0 aliphatic rings. The Morgan fingerprint density at radius 1 is 1.33 bits per heavy atom. The van der Waals surface area contributed by atoms with Gasteiger partial charge in [-0.05, 0) is 40.2 Å². The van der Waals surface area contributed by atoms with E-state index in [0.717, 1.165) is 0 Å². The van der Waals surface area contributed by atoms with Crippen molar-refractivity contribution in [1.29, 1.82) is 5.26 Å². The molecule has 5 heteroatoms. The van der Waals surface area contributed by atoms with Crippen LogP contribution in [0.1, 0.15) is 5.56 Å². The van der Waals surface area contributed by atoms with E-state index >= 15 is 0 Å². The summed E-state index contributed by atoms with van der Waals surface area (Å²) in [5, 5.41) is 8.58. The van der Waals surface area contributed by atoms with Crippen molar-refractivity contribution in [3.63, 3.8) is 0 Å². The number of nitrogens with zero attached hydrogens (tertiary/aromatic N) is 1. The molecular weight excluding hydrogens is 260 g/mol. The summed E-state index contributed by atoms with van der Waals surface area (Å²) in [5.74, 6) is 0.545. The van der Waals surface area contributed by atoms with Crippen molar-refractivity contribution in [3.05, 3.63) is 44.9 Å². The van der Waals surface area contributed by atoms with Gasteiger partial charge < -0.3 is 9.40 Å². The maximum absolute atomic E-state index is 11.3. The fraction of sp³-hybridized carbons (Fsp3) is 0. The number of nitrogens with one attached hydrogen (secondary N) is 1. The molecule has 0 radical (unpaired) electrons. The third kappa shape index (κ3) is 1.85. The van der Waals surface area contributed by atoms with Gasteiger partial charge in [0.25, 0.3) is 5.56 Å². The maximum Gasteiger partial charge on any atom is 0.266 e. The first kappa shape index (κ1) is 9.74. The maximum atomic E-state index is 11.3. The summed E-state index contributed by atoms with van der Waals surface area (Å²) in [5.41, 5.74) is 0.219. The van der Waals surface area contributed by atoms with E-state index in [1.54, 1.807) is 24.3 Å². The normalized spacial score (nSPS) is 9.87. The Hall–Kier alpha value is -1.80. The minimum absolute atomic E-state index is 0.0874.